The molecule has 0 saturated carbocycles. The Bertz CT molecular complexity index is 910. The van der Waals surface area contributed by atoms with E-state index in [1.807, 2.05) is 49.4 Å². The highest BCUT2D eigenvalue weighted by Gasteiger charge is 2.10. The van der Waals surface area contributed by atoms with Gasteiger partial charge in [-0.15, -0.1) is 10.2 Å². The number of aryl methyl sites for hydroxylation is 1. The summed E-state index contributed by atoms with van der Waals surface area (Å²) in [5.41, 5.74) is 2.53. The molecule has 1 N–H and O–H groups in total. The molecule has 0 saturated heterocycles. The van der Waals surface area contributed by atoms with Crippen LogP contribution in [-0.2, 0) is 11.3 Å². The fourth-order valence-corrected chi connectivity index (χ4v) is 2.49. The zero-order chi connectivity index (χ0) is 17.8. The lowest BCUT2D eigenvalue weighted by molar-refractivity contribution is -0.117. The van der Waals surface area contributed by atoms with Crippen molar-refractivity contribution in [1.82, 2.24) is 20.2 Å². The molecule has 0 bridgehead atoms. The van der Waals surface area contributed by atoms with Crippen molar-refractivity contribution in [3.8, 4) is 17.1 Å². The van der Waals surface area contributed by atoms with Gasteiger partial charge in [-0.3, -0.25) is 4.79 Å². The third-order valence-electron chi connectivity index (χ3n) is 3.51. The van der Waals surface area contributed by atoms with E-state index in [4.69, 9.17) is 4.74 Å². The van der Waals surface area contributed by atoms with Gasteiger partial charge in [0.1, 0.15) is 12.3 Å². The highest BCUT2D eigenvalue weighted by Crippen LogP contribution is 2.21. The predicted molar refractivity (Wildman–Crippen MR) is 97.3 cm³/mol. The summed E-state index contributed by atoms with van der Waals surface area (Å²) in [7, 11) is 1.59. The van der Waals surface area contributed by atoms with E-state index < -0.39 is 0 Å². The van der Waals surface area contributed by atoms with Crippen LogP contribution in [0.15, 0.2) is 46.9 Å². The lowest BCUT2D eigenvalue weighted by atomic mass is 10.2. The maximum absolute atomic E-state index is 12.2. The van der Waals surface area contributed by atoms with E-state index in [2.05, 4.69) is 36.7 Å². The van der Waals surface area contributed by atoms with Gasteiger partial charge in [-0.05, 0) is 48.0 Å². The Morgan fingerprint density at radius 3 is 2.88 bits per heavy atom. The Morgan fingerprint density at radius 2 is 2.12 bits per heavy atom. The van der Waals surface area contributed by atoms with Crippen molar-refractivity contribution >= 4 is 27.5 Å². The number of hydrogen-bond acceptors (Lipinski definition) is 5. The molecule has 1 aromatic heterocycles. The lowest BCUT2D eigenvalue weighted by Gasteiger charge is -2.06. The van der Waals surface area contributed by atoms with Gasteiger partial charge in [0.2, 0.25) is 11.7 Å². The number of halogens is 1. The Kier molecular flexibility index (Phi) is 5.08. The summed E-state index contributed by atoms with van der Waals surface area (Å²) in [6.07, 6.45) is 0. The van der Waals surface area contributed by atoms with Crippen LogP contribution in [0.4, 0.5) is 5.69 Å². The van der Waals surface area contributed by atoms with Crippen LogP contribution in [0.25, 0.3) is 11.4 Å². The SMILES string of the molecule is COc1cccc(-c2nnn(CC(=O)Nc3ccc(Br)c(C)c3)n2)c1. The third-order valence-corrected chi connectivity index (χ3v) is 4.40. The number of nitrogens with zero attached hydrogens (tertiary/aromatic N) is 4. The summed E-state index contributed by atoms with van der Waals surface area (Å²) < 4.78 is 6.17. The molecule has 0 aliphatic rings. The predicted octanol–water partition coefficient (Wildman–Crippen LogP) is 3.06. The summed E-state index contributed by atoms with van der Waals surface area (Å²) in [4.78, 5) is 13.4. The van der Waals surface area contributed by atoms with Crippen molar-refractivity contribution < 1.29 is 9.53 Å². The molecule has 2 aromatic carbocycles. The van der Waals surface area contributed by atoms with Gasteiger partial charge < -0.3 is 10.1 Å². The van der Waals surface area contributed by atoms with Gasteiger partial charge in [-0.25, -0.2) is 0 Å². The molecule has 0 fully saturated rings. The number of carbonyl (C=O) groups is 1. The molecule has 0 spiro atoms. The fraction of sp³-hybridized carbons (Fsp3) is 0.176. The molecule has 1 amide bonds. The molecular formula is C17H16BrN5O2. The van der Waals surface area contributed by atoms with Gasteiger partial charge in [0, 0.05) is 15.7 Å². The van der Waals surface area contributed by atoms with E-state index in [1.165, 1.54) is 4.80 Å². The molecule has 0 aliphatic carbocycles. The molecule has 0 radical (unpaired) electrons. The van der Waals surface area contributed by atoms with Crippen molar-refractivity contribution in [2.45, 2.75) is 13.5 Å². The van der Waals surface area contributed by atoms with Gasteiger partial charge in [-0.1, -0.05) is 28.1 Å². The number of nitrogens with one attached hydrogen (secondary N) is 1. The van der Waals surface area contributed by atoms with Gasteiger partial charge >= 0.3 is 0 Å². The van der Waals surface area contributed by atoms with E-state index in [0.29, 0.717) is 11.6 Å². The average Bonchev–Trinajstić information content (AvgIpc) is 3.06. The van der Waals surface area contributed by atoms with Crippen molar-refractivity contribution in [1.29, 1.82) is 0 Å². The second-order valence-corrected chi connectivity index (χ2v) is 6.24. The maximum Gasteiger partial charge on any atom is 0.248 e. The van der Waals surface area contributed by atoms with Gasteiger partial charge in [0.15, 0.2) is 0 Å². The quantitative estimate of drug-likeness (QED) is 0.710. The minimum atomic E-state index is -0.226. The number of rotatable bonds is 5. The highest BCUT2D eigenvalue weighted by atomic mass is 79.9. The van der Waals surface area contributed by atoms with Crippen LogP contribution in [-0.4, -0.2) is 33.2 Å². The van der Waals surface area contributed by atoms with Crippen LogP contribution >= 0.6 is 15.9 Å². The zero-order valence-corrected chi connectivity index (χ0v) is 15.3. The van der Waals surface area contributed by atoms with Crippen LogP contribution in [0.5, 0.6) is 5.75 Å². The number of methoxy groups -OCH3 is 1. The minimum Gasteiger partial charge on any atom is -0.497 e. The summed E-state index contributed by atoms with van der Waals surface area (Å²) in [6.45, 7) is 1.94. The standard InChI is InChI=1S/C17H16BrN5O2/c1-11-8-13(6-7-15(11)18)19-16(24)10-23-21-17(20-22-23)12-4-3-5-14(9-12)25-2/h3-9H,10H2,1-2H3,(H,19,24). The number of tetrazole rings is 1. The minimum absolute atomic E-state index is 0.0217. The first-order chi connectivity index (χ1) is 12.0. The molecule has 8 heteroatoms. The summed E-state index contributed by atoms with van der Waals surface area (Å²) >= 11 is 3.43. The van der Waals surface area contributed by atoms with E-state index in [9.17, 15) is 4.79 Å². The van der Waals surface area contributed by atoms with Crippen molar-refractivity contribution in [2.24, 2.45) is 0 Å². The Hall–Kier alpha value is -2.74. The number of amides is 1. The summed E-state index contributed by atoms with van der Waals surface area (Å²) in [5, 5.41) is 15.0. The number of carbonyl (C=O) groups excluding carboxylic acids is 1. The largest absolute Gasteiger partial charge is 0.497 e. The van der Waals surface area contributed by atoms with Crippen LogP contribution in [0.2, 0.25) is 0 Å². The van der Waals surface area contributed by atoms with Crippen molar-refractivity contribution in [3.63, 3.8) is 0 Å². The molecule has 0 atom stereocenters. The topological polar surface area (TPSA) is 81.9 Å². The highest BCUT2D eigenvalue weighted by molar-refractivity contribution is 9.10. The first-order valence-corrected chi connectivity index (χ1v) is 8.32. The molecule has 128 valence electrons. The van der Waals surface area contributed by atoms with E-state index in [0.717, 1.165) is 21.3 Å². The third kappa shape index (κ3) is 4.21. The molecule has 1 heterocycles. The van der Waals surface area contributed by atoms with Crippen LogP contribution in [0.1, 0.15) is 5.56 Å². The number of aromatic nitrogens is 4. The number of ether oxygens (including phenoxy) is 1. The molecule has 25 heavy (non-hydrogen) atoms. The molecule has 0 aliphatic heterocycles. The molecular weight excluding hydrogens is 386 g/mol. The molecule has 3 rings (SSSR count). The number of anilines is 1. The van der Waals surface area contributed by atoms with Crippen LogP contribution in [0.3, 0.4) is 0 Å². The number of hydrogen-bond donors (Lipinski definition) is 1. The van der Waals surface area contributed by atoms with Gasteiger partial charge in [0.25, 0.3) is 0 Å². The Morgan fingerprint density at radius 1 is 1.28 bits per heavy atom. The second-order valence-electron chi connectivity index (χ2n) is 5.39. The van der Waals surface area contributed by atoms with E-state index in [1.54, 1.807) is 7.11 Å². The van der Waals surface area contributed by atoms with E-state index in [-0.39, 0.29) is 12.5 Å². The molecule has 3 aromatic rings. The Labute approximate surface area is 153 Å². The monoisotopic (exact) mass is 401 g/mol. The van der Waals surface area contributed by atoms with Crippen molar-refractivity contribution in [3.05, 3.63) is 52.5 Å². The smallest absolute Gasteiger partial charge is 0.248 e. The lowest BCUT2D eigenvalue weighted by Crippen LogP contribution is -2.20. The van der Waals surface area contributed by atoms with E-state index >= 15 is 0 Å². The normalized spacial score (nSPS) is 10.5. The zero-order valence-electron chi connectivity index (χ0n) is 13.7. The molecule has 0 unspecified atom stereocenters. The molecule has 7 nitrogen and oxygen atoms in total. The second kappa shape index (κ2) is 7.43. The average molecular weight is 402 g/mol. The van der Waals surface area contributed by atoms with Crippen LogP contribution in [0, 0.1) is 6.92 Å². The maximum atomic E-state index is 12.2. The van der Waals surface area contributed by atoms with Crippen LogP contribution < -0.4 is 10.1 Å². The van der Waals surface area contributed by atoms with Crippen molar-refractivity contribution in [2.75, 3.05) is 12.4 Å². The first-order valence-electron chi connectivity index (χ1n) is 7.53. The fourth-order valence-electron chi connectivity index (χ4n) is 2.24. The Balaban J connectivity index is 1.68. The first kappa shape index (κ1) is 17.1. The summed E-state index contributed by atoms with van der Waals surface area (Å²) in [5.74, 6) is 0.916. The summed E-state index contributed by atoms with van der Waals surface area (Å²) in [6, 6.07) is 12.9. The van der Waals surface area contributed by atoms with Gasteiger partial charge in [0.05, 0.1) is 7.11 Å². The van der Waals surface area contributed by atoms with Gasteiger partial charge in [-0.2, -0.15) is 4.80 Å². The number of benzene rings is 2.